The molecule has 0 aromatic heterocycles. The van der Waals surface area contributed by atoms with Gasteiger partial charge in [0.2, 0.25) is 0 Å². The average Bonchev–Trinajstić information content (AvgIpc) is 3.16. The van der Waals surface area contributed by atoms with Crippen molar-refractivity contribution in [2.75, 3.05) is 21.3 Å². The molecule has 0 radical (unpaired) electrons. The normalized spacial score (nSPS) is 14.7. The van der Waals surface area contributed by atoms with Crippen molar-refractivity contribution in [2.45, 2.75) is 0 Å². The van der Waals surface area contributed by atoms with Gasteiger partial charge in [0, 0.05) is 17.2 Å². The van der Waals surface area contributed by atoms with Crippen LogP contribution in [0.5, 0.6) is 17.2 Å². The number of hydrazone groups is 1. The van der Waals surface area contributed by atoms with E-state index in [0.29, 0.717) is 11.5 Å². The van der Waals surface area contributed by atoms with Crippen LogP contribution >= 0.6 is 28.7 Å². The number of nitrogens with one attached hydrogen (secondary N) is 1. The topological polar surface area (TPSA) is 55.3 Å². The number of ether oxygens (including phenoxy) is 3. The molecule has 0 aliphatic carbocycles. The number of halogens is 1. The second-order valence-corrected chi connectivity index (χ2v) is 6.67. The fourth-order valence-electron chi connectivity index (χ4n) is 2.91. The number of nitrogens with zero attached hydrogens (tertiary/aromatic N) is 2. The molecule has 0 amide bonds. The summed E-state index contributed by atoms with van der Waals surface area (Å²) in [5, 5.41) is 7.47. The zero-order valence-corrected chi connectivity index (χ0v) is 18.2. The molecule has 0 saturated heterocycles. The first-order valence-corrected chi connectivity index (χ1v) is 9.20. The first kappa shape index (κ1) is 20.2. The Kier molecular flexibility index (Phi) is 6.21. The summed E-state index contributed by atoms with van der Waals surface area (Å²) in [6, 6.07) is 13.8. The molecule has 0 spiro atoms. The lowest BCUT2D eigenvalue weighted by atomic mass is 10.1. The van der Waals surface area contributed by atoms with Crippen molar-refractivity contribution in [1.29, 1.82) is 0 Å². The molecule has 6 nitrogen and oxygen atoms in total. The van der Waals surface area contributed by atoms with Gasteiger partial charge in [-0.2, -0.15) is 0 Å². The third-order valence-electron chi connectivity index (χ3n) is 4.35. The summed E-state index contributed by atoms with van der Waals surface area (Å²) >= 11 is 1.58. The highest BCUT2D eigenvalue weighted by Gasteiger charge is 2.26. The molecule has 0 saturated carbocycles. The summed E-state index contributed by atoms with van der Waals surface area (Å²) in [4.78, 5) is 2.08. The van der Waals surface area contributed by atoms with E-state index in [0.717, 1.165) is 33.4 Å². The molecule has 8 heteroatoms. The molecule has 2 aromatic rings. The predicted octanol–water partition coefficient (Wildman–Crippen LogP) is 4.51. The van der Waals surface area contributed by atoms with Gasteiger partial charge in [0.25, 0.3) is 0 Å². The molecule has 2 aliphatic rings. The lowest BCUT2D eigenvalue weighted by molar-refractivity contribution is 0.355. The van der Waals surface area contributed by atoms with Crippen LogP contribution in [0.25, 0.3) is 11.4 Å². The smallest absolute Gasteiger partial charge is 0.196 e. The molecule has 146 valence electrons. The molecule has 28 heavy (non-hydrogen) atoms. The van der Waals surface area contributed by atoms with E-state index >= 15 is 0 Å². The van der Waals surface area contributed by atoms with E-state index in [1.165, 1.54) is 0 Å². The molecular weight excluding hydrogens is 442 g/mol. The average molecular weight is 462 g/mol. The molecule has 4 rings (SSSR count). The SMILES string of the molecule is Br.COc1ccc(C2=CSC3=NNC(c4ccc(OC)c(OC)c4)=CN23)cc1. The number of fused-ring (bicyclic) bond motifs is 1. The van der Waals surface area contributed by atoms with E-state index in [1.807, 2.05) is 48.7 Å². The van der Waals surface area contributed by atoms with Crippen molar-refractivity contribution in [3.8, 4) is 17.2 Å². The molecule has 2 aromatic carbocycles. The largest absolute Gasteiger partial charge is 0.497 e. The van der Waals surface area contributed by atoms with Gasteiger partial charge >= 0.3 is 0 Å². The molecule has 1 N–H and O–H groups in total. The Morgan fingerprint density at radius 2 is 1.61 bits per heavy atom. The number of hydrogen-bond acceptors (Lipinski definition) is 7. The van der Waals surface area contributed by atoms with E-state index in [1.54, 1.807) is 33.1 Å². The van der Waals surface area contributed by atoms with Gasteiger partial charge in [0.1, 0.15) is 5.75 Å². The van der Waals surface area contributed by atoms with Crippen LogP contribution in [0.1, 0.15) is 11.1 Å². The number of rotatable bonds is 5. The Balaban J connectivity index is 0.00000225. The van der Waals surface area contributed by atoms with Gasteiger partial charge in [-0.15, -0.1) is 22.1 Å². The summed E-state index contributed by atoms with van der Waals surface area (Å²) in [7, 11) is 4.92. The van der Waals surface area contributed by atoms with Gasteiger partial charge in [0.05, 0.1) is 32.7 Å². The predicted molar refractivity (Wildman–Crippen MR) is 119 cm³/mol. The molecular formula is C20H20BrN3O3S. The van der Waals surface area contributed by atoms with E-state index in [9.17, 15) is 0 Å². The Hall–Kier alpha value is -2.58. The van der Waals surface area contributed by atoms with E-state index < -0.39 is 0 Å². The number of benzene rings is 2. The lowest BCUT2D eigenvalue weighted by Crippen LogP contribution is -2.26. The van der Waals surface area contributed by atoms with E-state index in [-0.39, 0.29) is 17.0 Å². The number of amidine groups is 1. The molecule has 2 heterocycles. The van der Waals surface area contributed by atoms with Gasteiger partial charge < -0.3 is 14.2 Å². The maximum Gasteiger partial charge on any atom is 0.196 e. The monoisotopic (exact) mass is 461 g/mol. The minimum Gasteiger partial charge on any atom is -0.497 e. The summed E-state index contributed by atoms with van der Waals surface area (Å²) in [6.45, 7) is 0. The van der Waals surface area contributed by atoms with Gasteiger partial charge in [0.15, 0.2) is 16.7 Å². The number of methoxy groups -OCH3 is 3. The van der Waals surface area contributed by atoms with Gasteiger partial charge in [-0.1, -0.05) is 11.8 Å². The van der Waals surface area contributed by atoms with Crippen LogP contribution in [0.4, 0.5) is 0 Å². The quantitative estimate of drug-likeness (QED) is 0.706. The zero-order chi connectivity index (χ0) is 18.8. The van der Waals surface area contributed by atoms with Gasteiger partial charge in [-0.25, -0.2) is 0 Å². The van der Waals surface area contributed by atoms with Crippen molar-refractivity contribution in [2.24, 2.45) is 5.10 Å². The minimum absolute atomic E-state index is 0. The van der Waals surface area contributed by atoms with Crippen molar-refractivity contribution >= 4 is 45.3 Å². The van der Waals surface area contributed by atoms with E-state index in [4.69, 9.17) is 14.2 Å². The van der Waals surface area contributed by atoms with Gasteiger partial charge in [-0.3, -0.25) is 10.3 Å². The molecule has 0 atom stereocenters. The summed E-state index contributed by atoms with van der Waals surface area (Å²) in [6.07, 6.45) is 2.04. The summed E-state index contributed by atoms with van der Waals surface area (Å²) in [5.74, 6) is 2.20. The Morgan fingerprint density at radius 3 is 2.29 bits per heavy atom. The minimum atomic E-state index is 0. The van der Waals surface area contributed by atoms with Crippen LogP contribution in [0.3, 0.4) is 0 Å². The third-order valence-corrected chi connectivity index (χ3v) is 5.19. The highest BCUT2D eigenvalue weighted by molar-refractivity contribution is 8.93. The van der Waals surface area contributed by atoms with Crippen molar-refractivity contribution in [1.82, 2.24) is 10.3 Å². The van der Waals surface area contributed by atoms with Crippen molar-refractivity contribution < 1.29 is 14.2 Å². The Morgan fingerprint density at radius 1 is 0.893 bits per heavy atom. The molecule has 0 bridgehead atoms. The molecule has 0 unspecified atom stereocenters. The van der Waals surface area contributed by atoms with Gasteiger partial charge in [-0.05, 0) is 48.0 Å². The highest BCUT2D eigenvalue weighted by atomic mass is 79.9. The number of hydrogen-bond donors (Lipinski definition) is 1. The van der Waals surface area contributed by atoms with E-state index in [2.05, 4.69) is 20.8 Å². The first-order chi connectivity index (χ1) is 13.2. The maximum absolute atomic E-state index is 5.41. The van der Waals surface area contributed by atoms with Crippen molar-refractivity contribution in [3.05, 3.63) is 65.2 Å². The molecule has 0 fully saturated rings. The molecule has 2 aliphatic heterocycles. The summed E-state index contributed by atoms with van der Waals surface area (Å²) in [5.41, 5.74) is 7.12. The number of thioether (sulfide) groups is 1. The highest BCUT2D eigenvalue weighted by Crippen LogP contribution is 2.37. The Labute approximate surface area is 178 Å². The second-order valence-electron chi connectivity index (χ2n) is 5.84. The first-order valence-electron chi connectivity index (χ1n) is 8.32. The van der Waals surface area contributed by atoms with Crippen LogP contribution in [0.2, 0.25) is 0 Å². The van der Waals surface area contributed by atoms with Crippen LogP contribution < -0.4 is 19.6 Å². The fourth-order valence-corrected chi connectivity index (χ4v) is 3.74. The lowest BCUT2D eigenvalue weighted by Gasteiger charge is -2.24. The van der Waals surface area contributed by atoms with Crippen molar-refractivity contribution in [3.63, 3.8) is 0 Å². The van der Waals surface area contributed by atoms with Crippen LogP contribution in [-0.2, 0) is 0 Å². The third kappa shape index (κ3) is 3.70. The standard InChI is InChI=1S/C20H19N3O3S.BrH/c1-24-15-7-4-13(5-8-15)17-12-27-20-22-21-16(11-23(17)20)14-6-9-18(25-2)19(10-14)26-3;/h4-12,21H,1-3H3;1H. The van der Waals surface area contributed by atoms with Crippen LogP contribution in [0.15, 0.2) is 59.2 Å². The summed E-state index contributed by atoms with van der Waals surface area (Å²) < 4.78 is 16.0. The Bertz CT molecular complexity index is 958. The zero-order valence-electron chi connectivity index (χ0n) is 15.6. The van der Waals surface area contributed by atoms with Crippen LogP contribution in [0, 0.1) is 0 Å². The maximum atomic E-state index is 5.41. The fraction of sp³-hybridized carbons (Fsp3) is 0.150. The second kappa shape index (κ2) is 8.62. The van der Waals surface area contributed by atoms with Crippen LogP contribution in [-0.4, -0.2) is 31.4 Å².